The van der Waals surface area contributed by atoms with Crippen molar-refractivity contribution in [2.45, 2.75) is 25.8 Å². The number of carbonyl (C=O) groups excluding carboxylic acids is 1. The predicted molar refractivity (Wildman–Crippen MR) is 61.1 cm³/mol. The van der Waals surface area contributed by atoms with Gasteiger partial charge in [0.25, 0.3) is 0 Å². The summed E-state index contributed by atoms with van der Waals surface area (Å²) in [6.07, 6.45) is 6.75. The zero-order chi connectivity index (χ0) is 11.4. The van der Waals surface area contributed by atoms with Crippen LogP contribution in [0.1, 0.15) is 19.3 Å². The van der Waals surface area contributed by atoms with Gasteiger partial charge in [-0.2, -0.15) is 0 Å². The second-order valence-corrected chi connectivity index (χ2v) is 4.15. The SMILES string of the molecule is O=C(Cn1ccc(=O)cc1)N1CCCCC1. The third-order valence-corrected chi connectivity index (χ3v) is 2.89. The van der Waals surface area contributed by atoms with Crippen molar-refractivity contribution in [1.82, 2.24) is 9.47 Å². The van der Waals surface area contributed by atoms with Crippen LogP contribution in [0.3, 0.4) is 0 Å². The zero-order valence-electron chi connectivity index (χ0n) is 9.26. The van der Waals surface area contributed by atoms with Crippen LogP contribution in [-0.4, -0.2) is 28.5 Å². The molecule has 86 valence electrons. The Bertz CT molecular complexity index is 399. The fourth-order valence-corrected chi connectivity index (χ4v) is 1.95. The van der Waals surface area contributed by atoms with Crippen LogP contribution in [-0.2, 0) is 11.3 Å². The summed E-state index contributed by atoms with van der Waals surface area (Å²) in [6.45, 7) is 2.08. The van der Waals surface area contributed by atoms with Gasteiger partial charge in [0.05, 0.1) is 0 Å². The molecular weight excluding hydrogens is 204 g/mol. The molecule has 0 bridgehead atoms. The van der Waals surface area contributed by atoms with Gasteiger partial charge in [0.1, 0.15) is 6.54 Å². The highest BCUT2D eigenvalue weighted by molar-refractivity contribution is 5.76. The van der Waals surface area contributed by atoms with Crippen LogP contribution in [0.4, 0.5) is 0 Å². The van der Waals surface area contributed by atoms with Crippen molar-refractivity contribution in [3.8, 4) is 0 Å². The molecule has 0 radical (unpaired) electrons. The minimum Gasteiger partial charge on any atom is -0.345 e. The van der Waals surface area contributed by atoms with Crippen LogP contribution in [0.25, 0.3) is 0 Å². The van der Waals surface area contributed by atoms with Crippen LogP contribution in [0.2, 0.25) is 0 Å². The number of hydrogen-bond acceptors (Lipinski definition) is 2. The van der Waals surface area contributed by atoms with Crippen molar-refractivity contribution >= 4 is 5.91 Å². The first-order valence-corrected chi connectivity index (χ1v) is 5.69. The van der Waals surface area contributed by atoms with E-state index in [9.17, 15) is 9.59 Å². The average molecular weight is 220 g/mol. The maximum atomic E-state index is 11.9. The number of pyridine rings is 1. The second kappa shape index (κ2) is 4.96. The van der Waals surface area contributed by atoms with Crippen molar-refractivity contribution in [3.05, 3.63) is 34.7 Å². The first kappa shape index (κ1) is 10.9. The maximum Gasteiger partial charge on any atom is 0.242 e. The molecule has 0 unspecified atom stereocenters. The molecular formula is C12H16N2O2. The predicted octanol–water partition coefficient (Wildman–Crippen LogP) is 0.861. The Morgan fingerprint density at radius 3 is 2.38 bits per heavy atom. The molecule has 16 heavy (non-hydrogen) atoms. The fourth-order valence-electron chi connectivity index (χ4n) is 1.95. The first-order valence-electron chi connectivity index (χ1n) is 5.69. The normalized spacial score (nSPS) is 16.1. The van der Waals surface area contributed by atoms with E-state index in [0.29, 0.717) is 6.54 Å². The molecule has 1 amide bonds. The number of aromatic nitrogens is 1. The minimum atomic E-state index is -0.0262. The summed E-state index contributed by atoms with van der Waals surface area (Å²) in [7, 11) is 0. The van der Waals surface area contributed by atoms with E-state index in [1.807, 2.05) is 4.90 Å². The van der Waals surface area contributed by atoms with Crippen LogP contribution >= 0.6 is 0 Å². The van der Waals surface area contributed by atoms with Crippen molar-refractivity contribution in [1.29, 1.82) is 0 Å². The van der Waals surface area contributed by atoms with Crippen LogP contribution in [0.15, 0.2) is 29.3 Å². The van der Waals surface area contributed by atoms with Crippen molar-refractivity contribution < 1.29 is 4.79 Å². The third-order valence-electron chi connectivity index (χ3n) is 2.89. The Kier molecular flexibility index (Phi) is 3.39. The van der Waals surface area contributed by atoms with E-state index in [4.69, 9.17) is 0 Å². The molecule has 1 aromatic heterocycles. The molecule has 1 aromatic rings. The number of hydrogen-bond donors (Lipinski definition) is 0. The van der Waals surface area contributed by atoms with E-state index in [1.165, 1.54) is 18.6 Å². The third kappa shape index (κ3) is 2.72. The van der Waals surface area contributed by atoms with Gasteiger partial charge in [0.15, 0.2) is 5.43 Å². The standard InChI is InChI=1S/C12H16N2O2/c15-11-4-8-13(9-5-11)10-12(16)14-6-2-1-3-7-14/h4-5,8-9H,1-3,6-7,10H2. The largest absolute Gasteiger partial charge is 0.345 e. The highest BCUT2D eigenvalue weighted by Gasteiger charge is 2.15. The van der Waals surface area contributed by atoms with Gasteiger partial charge in [-0.3, -0.25) is 9.59 Å². The Morgan fingerprint density at radius 1 is 1.12 bits per heavy atom. The van der Waals surface area contributed by atoms with Crippen LogP contribution in [0, 0.1) is 0 Å². The summed E-state index contributed by atoms with van der Waals surface area (Å²) in [4.78, 5) is 24.7. The van der Waals surface area contributed by atoms with Crippen LogP contribution < -0.4 is 5.43 Å². The van der Waals surface area contributed by atoms with Gasteiger partial charge in [0.2, 0.25) is 5.91 Å². The topological polar surface area (TPSA) is 42.3 Å². The second-order valence-electron chi connectivity index (χ2n) is 4.15. The molecule has 1 fully saturated rings. The summed E-state index contributed by atoms with van der Waals surface area (Å²) >= 11 is 0. The smallest absolute Gasteiger partial charge is 0.242 e. The number of carbonyl (C=O) groups is 1. The number of amides is 1. The number of piperidine rings is 1. The molecule has 0 N–H and O–H groups in total. The molecule has 0 aliphatic carbocycles. The summed E-state index contributed by atoms with van der Waals surface area (Å²) in [5.41, 5.74) is -0.0262. The lowest BCUT2D eigenvalue weighted by Gasteiger charge is -2.27. The van der Waals surface area contributed by atoms with Gasteiger partial charge in [-0.25, -0.2) is 0 Å². The van der Waals surface area contributed by atoms with Gasteiger partial charge >= 0.3 is 0 Å². The van der Waals surface area contributed by atoms with Gasteiger partial charge in [-0.15, -0.1) is 0 Å². The average Bonchev–Trinajstić information content (AvgIpc) is 2.33. The highest BCUT2D eigenvalue weighted by Crippen LogP contribution is 2.09. The molecule has 1 saturated heterocycles. The molecule has 0 atom stereocenters. The van der Waals surface area contributed by atoms with E-state index in [1.54, 1.807) is 17.0 Å². The zero-order valence-corrected chi connectivity index (χ0v) is 9.26. The molecule has 0 aromatic carbocycles. The van der Waals surface area contributed by atoms with Gasteiger partial charge in [-0.05, 0) is 19.3 Å². The molecule has 0 spiro atoms. The molecule has 1 aliphatic rings. The van der Waals surface area contributed by atoms with Crippen LogP contribution in [0.5, 0.6) is 0 Å². The molecule has 2 heterocycles. The molecule has 0 saturated carbocycles. The molecule has 2 rings (SSSR count). The molecule has 4 nitrogen and oxygen atoms in total. The van der Waals surface area contributed by atoms with Gasteiger partial charge < -0.3 is 9.47 Å². The van der Waals surface area contributed by atoms with Crippen molar-refractivity contribution in [3.63, 3.8) is 0 Å². The lowest BCUT2D eigenvalue weighted by Crippen LogP contribution is -2.37. The number of nitrogens with zero attached hydrogens (tertiary/aromatic N) is 2. The van der Waals surface area contributed by atoms with Gasteiger partial charge in [-0.1, -0.05) is 0 Å². The Balaban J connectivity index is 1.95. The minimum absolute atomic E-state index is 0.0262. The Labute approximate surface area is 94.5 Å². The van der Waals surface area contributed by atoms with E-state index >= 15 is 0 Å². The van der Waals surface area contributed by atoms with E-state index in [-0.39, 0.29) is 11.3 Å². The summed E-state index contributed by atoms with van der Waals surface area (Å²) in [6, 6.07) is 2.95. The van der Waals surface area contributed by atoms with E-state index < -0.39 is 0 Å². The quantitative estimate of drug-likeness (QED) is 0.742. The number of likely N-dealkylation sites (tertiary alicyclic amines) is 1. The van der Waals surface area contributed by atoms with E-state index in [2.05, 4.69) is 0 Å². The monoisotopic (exact) mass is 220 g/mol. The first-order chi connectivity index (χ1) is 7.75. The lowest BCUT2D eigenvalue weighted by molar-refractivity contribution is -0.132. The van der Waals surface area contributed by atoms with Crippen molar-refractivity contribution in [2.75, 3.05) is 13.1 Å². The van der Waals surface area contributed by atoms with Crippen molar-refractivity contribution in [2.24, 2.45) is 0 Å². The van der Waals surface area contributed by atoms with Gasteiger partial charge in [0, 0.05) is 37.6 Å². The summed E-state index contributed by atoms with van der Waals surface area (Å²) < 4.78 is 1.75. The summed E-state index contributed by atoms with van der Waals surface area (Å²) in [5, 5.41) is 0. The maximum absolute atomic E-state index is 11.9. The lowest BCUT2D eigenvalue weighted by atomic mass is 10.1. The highest BCUT2D eigenvalue weighted by atomic mass is 16.2. The Morgan fingerprint density at radius 2 is 1.75 bits per heavy atom. The summed E-state index contributed by atoms with van der Waals surface area (Å²) in [5.74, 6) is 0.142. The molecule has 1 aliphatic heterocycles. The fraction of sp³-hybridized carbons (Fsp3) is 0.500. The number of rotatable bonds is 2. The Hall–Kier alpha value is -1.58. The molecule has 4 heteroatoms. The van der Waals surface area contributed by atoms with E-state index in [0.717, 1.165) is 25.9 Å².